The van der Waals surface area contributed by atoms with Gasteiger partial charge in [-0.15, -0.1) is 21.5 Å². The fraction of sp³-hybridized carbons (Fsp3) is 0.323. The SMILES string of the molecule is CCOC(=O)c1c(NC(=O)[C@@H](C)Sc2nnc(CNC(=O)c3cccc(C)c3)n2Cc2ccccc2)sc2c1CCC2. The van der Waals surface area contributed by atoms with Gasteiger partial charge in [0.2, 0.25) is 5.91 Å². The molecule has 2 amide bonds. The number of nitrogens with one attached hydrogen (secondary N) is 2. The lowest BCUT2D eigenvalue weighted by atomic mass is 10.1. The number of esters is 1. The molecule has 0 fully saturated rings. The first-order valence-corrected chi connectivity index (χ1v) is 15.6. The molecule has 2 heterocycles. The molecule has 0 radical (unpaired) electrons. The first-order chi connectivity index (χ1) is 20.3. The van der Waals surface area contributed by atoms with E-state index in [9.17, 15) is 14.4 Å². The van der Waals surface area contributed by atoms with Crippen LogP contribution >= 0.6 is 23.1 Å². The number of nitrogens with zero attached hydrogens (tertiary/aromatic N) is 3. The lowest BCUT2D eigenvalue weighted by molar-refractivity contribution is -0.115. The van der Waals surface area contributed by atoms with Crippen molar-refractivity contribution in [3.8, 4) is 0 Å². The average Bonchev–Trinajstić information content (AvgIpc) is 3.67. The molecule has 0 aliphatic heterocycles. The lowest BCUT2D eigenvalue weighted by Gasteiger charge is -2.15. The number of aromatic nitrogens is 3. The van der Waals surface area contributed by atoms with Crippen molar-refractivity contribution >= 4 is 45.9 Å². The Kier molecular flexibility index (Phi) is 9.38. The Morgan fingerprint density at radius 2 is 1.90 bits per heavy atom. The van der Waals surface area contributed by atoms with E-state index in [-0.39, 0.29) is 25.0 Å². The van der Waals surface area contributed by atoms with Crippen LogP contribution in [0.3, 0.4) is 0 Å². The van der Waals surface area contributed by atoms with E-state index in [1.54, 1.807) is 19.9 Å². The van der Waals surface area contributed by atoms with Crippen LogP contribution in [0.4, 0.5) is 5.00 Å². The van der Waals surface area contributed by atoms with Crippen LogP contribution in [0, 0.1) is 6.92 Å². The maximum absolute atomic E-state index is 13.4. The van der Waals surface area contributed by atoms with Crippen LogP contribution in [0.5, 0.6) is 0 Å². The van der Waals surface area contributed by atoms with E-state index < -0.39 is 11.2 Å². The van der Waals surface area contributed by atoms with Crippen molar-refractivity contribution in [1.29, 1.82) is 0 Å². The fourth-order valence-corrected chi connectivity index (χ4v) is 6.99. The van der Waals surface area contributed by atoms with Gasteiger partial charge < -0.3 is 19.9 Å². The number of carbonyl (C=O) groups is 3. The fourth-order valence-electron chi connectivity index (χ4n) is 4.85. The Balaban J connectivity index is 1.33. The van der Waals surface area contributed by atoms with Gasteiger partial charge in [-0.2, -0.15) is 0 Å². The largest absolute Gasteiger partial charge is 0.462 e. The van der Waals surface area contributed by atoms with Crippen LogP contribution in [-0.2, 0) is 35.5 Å². The van der Waals surface area contributed by atoms with Crippen molar-refractivity contribution in [2.75, 3.05) is 11.9 Å². The van der Waals surface area contributed by atoms with Crippen molar-refractivity contribution in [2.45, 2.75) is 63.5 Å². The molecule has 218 valence electrons. The Hall–Kier alpha value is -3.96. The predicted molar refractivity (Wildman–Crippen MR) is 164 cm³/mol. The molecular formula is C31H33N5O4S2. The molecule has 4 aromatic rings. The Bertz CT molecular complexity index is 1600. The smallest absolute Gasteiger partial charge is 0.341 e. The second kappa shape index (κ2) is 13.3. The van der Waals surface area contributed by atoms with E-state index in [0.29, 0.717) is 33.7 Å². The number of amides is 2. The van der Waals surface area contributed by atoms with Gasteiger partial charge in [-0.05, 0) is 63.3 Å². The highest BCUT2D eigenvalue weighted by Crippen LogP contribution is 2.40. The summed E-state index contributed by atoms with van der Waals surface area (Å²) in [5, 5.41) is 15.2. The summed E-state index contributed by atoms with van der Waals surface area (Å²) in [6.45, 7) is 6.44. The number of aryl methyl sites for hydroxylation is 2. The number of hydrogen-bond donors (Lipinski definition) is 2. The van der Waals surface area contributed by atoms with Gasteiger partial charge in [-0.1, -0.05) is 59.8 Å². The molecule has 1 aliphatic carbocycles. The first kappa shape index (κ1) is 29.5. The molecule has 0 saturated carbocycles. The molecular weight excluding hydrogens is 571 g/mol. The van der Waals surface area contributed by atoms with Gasteiger partial charge in [0.1, 0.15) is 5.00 Å². The van der Waals surface area contributed by atoms with Gasteiger partial charge in [-0.3, -0.25) is 9.59 Å². The number of hydrogen-bond acceptors (Lipinski definition) is 8. The van der Waals surface area contributed by atoms with E-state index in [1.165, 1.54) is 23.1 Å². The second-order valence-electron chi connectivity index (χ2n) is 10.1. The molecule has 2 aromatic heterocycles. The quantitative estimate of drug-likeness (QED) is 0.174. The third-order valence-corrected chi connectivity index (χ3v) is 9.24. The Labute approximate surface area is 253 Å². The van der Waals surface area contributed by atoms with Crippen LogP contribution in [0.2, 0.25) is 0 Å². The molecule has 1 aliphatic rings. The van der Waals surface area contributed by atoms with Crippen molar-refractivity contribution in [3.05, 3.63) is 93.1 Å². The number of carbonyl (C=O) groups excluding carboxylic acids is 3. The zero-order chi connectivity index (χ0) is 29.6. The normalized spacial score (nSPS) is 12.9. The van der Waals surface area contributed by atoms with Crippen LogP contribution in [0.1, 0.15) is 68.4 Å². The summed E-state index contributed by atoms with van der Waals surface area (Å²) in [7, 11) is 0. The summed E-state index contributed by atoms with van der Waals surface area (Å²) < 4.78 is 7.22. The molecule has 2 aromatic carbocycles. The number of anilines is 1. The molecule has 9 nitrogen and oxygen atoms in total. The Morgan fingerprint density at radius 3 is 2.67 bits per heavy atom. The van der Waals surface area contributed by atoms with E-state index in [0.717, 1.165) is 40.8 Å². The predicted octanol–water partition coefficient (Wildman–Crippen LogP) is 5.41. The van der Waals surface area contributed by atoms with Gasteiger partial charge >= 0.3 is 5.97 Å². The van der Waals surface area contributed by atoms with Gasteiger partial charge in [0, 0.05) is 10.4 Å². The third-order valence-electron chi connectivity index (χ3n) is 6.95. The van der Waals surface area contributed by atoms with Gasteiger partial charge in [0.05, 0.1) is 30.5 Å². The molecule has 2 N–H and O–H groups in total. The first-order valence-electron chi connectivity index (χ1n) is 13.9. The number of thiophene rings is 1. The number of fused-ring (bicyclic) bond motifs is 1. The zero-order valence-corrected chi connectivity index (χ0v) is 25.4. The van der Waals surface area contributed by atoms with Crippen molar-refractivity contribution in [1.82, 2.24) is 20.1 Å². The standard InChI is InChI=1S/C31H33N5O4S2/c1-4-40-30(39)26-23-14-9-15-24(23)42-29(26)33-27(37)20(3)41-31-35-34-25(36(31)18-21-11-6-5-7-12-21)17-32-28(38)22-13-8-10-19(2)16-22/h5-8,10-13,16,20H,4,9,14-15,17-18H2,1-3H3,(H,32,38)(H,33,37)/t20-/m1/s1. The second-order valence-corrected chi connectivity index (χ2v) is 12.5. The molecule has 1 atom stereocenters. The number of thioether (sulfide) groups is 1. The monoisotopic (exact) mass is 603 g/mol. The summed E-state index contributed by atoms with van der Waals surface area (Å²) in [6.07, 6.45) is 2.71. The average molecular weight is 604 g/mol. The maximum atomic E-state index is 13.4. The zero-order valence-electron chi connectivity index (χ0n) is 23.8. The minimum Gasteiger partial charge on any atom is -0.462 e. The molecule has 11 heteroatoms. The number of ether oxygens (including phenoxy) is 1. The molecule has 0 saturated heterocycles. The summed E-state index contributed by atoms with van der Waals surface area (Å²) in [5.41, 5.74) is 4.09. The van der Waals surface area contributed by atoms with Crippen LogP contribution in [0.25, 0.3) is 0 Å². The van der Waals surface area contributed by atoms with Gasteiger partial charge in [0.25, 0.3) is 5.91 Å². The molecule has 0 bridgehead atoms. The van der Waals surface area contributed by atoms with E-state index in [1.807, 2.05) is 60.0 Å². The molecule has 0 unspecified atom stereocenters. The van der Waals surface area contributed by atoms with Crippen molar-refractivity contribution in [3.63, 3.8) is 0 Å². The molecule has 5 rings (SSSR count). The topological polar surface area (TPSA) is 115 Å². The maximum Gasteiger partial charge on any atom is 0.341 e. The molecule has 42 heavy (non-hydrogen) atoms. The van der Waals surface area contributed by atoms with E-state index in [2.05, 4.69) is 20.8 Å². The summed E-state index contributed by atoms with van der Waals surface area (Å²) in [6, 6.07) is 17.3. The minimum absolute atomic E-state index is 0.178. The highest BCUT2D eigenvalue weighted by molar-refractivity contribution is 8.00. The van der Waals surface area contributed by atoms with E-state index >= 15 is 0 Å². The third kappa shape index (κ3) is 6.74. The number of rotatable bonds is 11. The van der Waals surface area contributed by atoms with Crippen molar-refractivity contribution < 1.29 is 19.1 Å². The minimum atomic E-state index is -0.537. The molecule has 0 spiro atoms. The summed E-state index contributed by atoms with van der Waals surface area (Å²) >= 11 is 2.74. The highest BCUT2D eigenvalue weighted by Gasteiger charge is 2.30. The van der Waals surface area contributed by atoms with Crippen LogP contribution in [0.15, 0.2) is 59.8 Å². The highest BCUT2D eigenvalue weighted by atomic mass is 32.2. The lowest BCUT2D eigenvalue weighted by Crippen LogP contribution is -2.25. The Morgan fingerprint density at radius 1 is 1.10 bits per heavy atom. The van der Waals surface area contributed by atoms with Crippen molar-refractivity contribution in [2.24, 2.45) is 0 Å². The van der Waals surface area contributed by atoms with E-state index in [4.69, 9.17) is 4.74 Å². The van der Waals surface area contributed by atoms with Gasteiger partial charge in [0.15, 0.2) is 11.0 Å². The van der Waals surface area contributed by atoms with Crippen LogP contribution < -0.4 is 10.6 Å². The summed E-state index contributed by atoms with van der Waals surface area (Å²) in [5.74, 6) is -0.258. The number of benzene rings is 2. The van der Waals surface area contributed by atoms with Crippen LogP contribution in [-0.4, -0.2) is 44.4 Å². The summed E-state index contributed by atoms with van der Waals surface area (Å²) in [4.78, 5) is 40.0. The van der Waals surface area contributed by atoms with Gasteiger partial charge in [-0.25, -0.2) is 4.79 Å².